The predicted octanol–water partition coefficient (Wildman–Crippen LogP) is 5.55. The van der Waals surface area contributed by atoms with Crippen molar-refractivity contribution in [1.82, 2.24) is 14.8 Å². The largest absolute Gasteiger partial charge is 0.490 e. The van der Waals surface area contributed by atoms with E-state index < -0.39 is 12.0 Å². The second-order valence-electron chi connectivity index (χ2n) is 8.85. The van der Waals surface area contributed by atoms with Gasteiger partial charge >= 0.3 is 5.97 Å². The molecular formula is C30H30N4O4. The first-order valence-electron chi connectivity index (χ1n) is 12.7. The van der Waals surface area contributed by atoms with Crippen LogP contribution in [0.2, 0.25) is 0 Å². The van der Waals surface area contributed by atoms with Crippen molar-refractivity contribution in [3.05, 3.63) is 107 Å². The van der Waals surface area contributed by atoms with E-state index in [1.165, 1.54) is 11.9 Å². The maximum atomic E-state index is 13.4. The zero-order chi connectivity index (χ0) is 26.5. The third kappa shape index (κ3) is 5.11. The van der Waals surface area contributed by atoms with Crippen molar-refractivity contribution in [3.8, 4) is 11.5 Å². The Balaban J connectivity index is 1.58. The summed E-state index contributed by atoms with van der Waals surface area (Å²) in [6, 6.07) is 23.0. The summed E-state index contributed by atoms with van der Waals surface area (Å²) in [5.74, 6) is 1.31. The van der Waals surface area contributed by atoms with Crippen molar-refractivity contribution in [2.75, 3.05) is 18.5 Å². The molecule has 4 aromatic rings. The van der Waals surface area contributed by atoms with Gasteiger partial charge in [0.1, 0.15) is 19.0 Å². The lowest BCUT2D eigenvalue weighted by molar-refractivity contribution is -0.138. The fourth-order valence-corrected chi connectivity index (χ4v) is 4.57. The standard InChI is InChI=1S/C30H30N4O4/c1-4-36-25-17-23(14-15-24(25)38-18-21-11-9-10-20(3)16-21)28-26(29(35)37-5-2)27(22-12-7-6-8-13-22)33-30-31-19-32-34(28)30/h6-17,19,28H,4-5,18H2,1-3H3,(H,31,32,33)/t28-/m1/s1. The van der Waals surface area contributed by atoms with Gasteiger partial charge in [-0.05, 0) is 49.6 Å². The number of nitrogens with zero attached hydrogens (tertiary/aromatic N) is 3. The lowest BCUT2D eigenvalue weighted by atomic mass is 9.92. The van der Waals surface area contributed by atoms with Crippen LogP contribution in [0.1, 0.15) is 42.1 Å². The van der Waals surface area contributed by atoms with E-state index in [0.29, 0.717) is 41.9 Å². The minimum atomic E-state index is -0.590. The molecule has 0 amide bonds. The monoisotopic (exact) mass is 510 g/mol. The number of anilines is 1. The summed E-state index contributed by atoms with van der Waals surface area (Å²) in [7, 11) is 0. The smallest absolute Gasteiger partial charge is 0.338 e. The number of hydrogen-bond donors (Lipinski definition) is 1. The fraction of sp³-hybridized carbons (Fsp3) is 0.233. The highest BCUT2D eigenvalue weighted by Crippen LogP contribution is 2.41. The number of aryl methyl sites for hydroxylation is 1. The number of rotatable bonds is 9. The average molecular weight is 511 g/mol. The molecule has 0 bridgehead atoms. The number of ether oxygens (including phenoxy) is 3. The van der Waals surface area contributed by atoms with Crippen molar-refractivity contribution in [3.63, 3.8) is 0 Å². The third-order valence-electron chi connectivity index (χ3n) is 6.22. The van der Waals surface area contributed by atoms with Crippen LogP contribution in [0.15, 0.2) is 84.7 Å². The Labute approximate surface area is 221 Å². The zero-order valence-corrected chi connectivity index (χ0v) is 21.7. The van der Waals surface area contributed by atoms with Crippen molar-refractivity contribution in [2.24, 2.45) is 0 Å². The van der Waals surface area contributed by atoms with Crippen LogP contribution in [0.4, 0.5) is 5.95 Å². The van der Waals surface area contributed by atoms with Crippen LogP contribution < -0.4 is 14.8 Å². The zero-order valence-electron chi connectivity index (χ0n) is 21.7. The molecule has 1 aliphatic rings. The van der Waals surface area contributed by atoms with Crippen molar-refractivity contribution in [2.45, 2.75) is 33.4 Å². The Hall–Kier alpha value is -4.59. The maximum absolute atomic E-state index is 13.4. The van der Waals surface area contributed by atoms with Crippen LogP contribution in [0.5, 0.6) is 11.5 Å². The molecule has 3 aromatic carbocycles. The molecule has 0 aliphatic carbocycles. The number of hydrogen-bond acceptors (Lipinski definition) is 7. The van der Waals surface area contributed by atoms with E-state index in [4.69, 9.17) is 14.2 Å². The Bertz CT molecular complexity index is 1460. The van der Waals surface area contributed by atoms with Crippen LogP contribution in [0, 0.1) is 6.92 Å². The van der Waals surface area contributed by atoms with Gasteiger partial charge in [-0.25, -0.2) is 9.48 Å². The molecule has 0 saturated heterocycles. The fourth-order valence-electron chi connectivity index (χ4n) is 4.57. The molecule has 194 valence electrons. The number of fused-ring (bicyclic) bond motifs is 1. The van der Waals surface area contributed by atoms with Gasteiger partial charge in [0.15, 0.2) is 11.5 Å². The minimum Gasteiger partial charge on any atom is -0.490 e. The molecule has 5 rings (SSSR count). The molecule has 0 fully saturated rings. The molecule has 0 unspecified atom stereocenters. The van der Waals surface area contributed by atoms with Gasteiger partial charge in [-0.1, -0.05) is 66.2 Å². The summed E-state index contributed by atoms with van der Waals surface area (Å²) in [5, 5.41) is 7.74. The van der Waals surface area contributed by atoms with E-state index in [2.05, 4.69) is 34.5 Å². The Morgan fingerprint density at radius 1 is 0.947 bits per heavy atom. The highest BCUT2D eigenvalue weighted by Gasteiger charge is 2.36. The normalized spacial score (nSPS) is 14.4. The van der Waals surface area contributed by atoms with Crippen molar-refractivity contribution in [1.29, 1.82) is 0 Å². The van der Waals surface area contributed by atoms with Crippen LogP contribution in [0.3, 0.4) is 0 Å². The summed E-state index contributed by atoms with van der Waals surface area (Å²) < 4.78 is 19.4. The topological polar surface area (TPSA) is 87.5 Å². The van der Waals surface area contributed by atoms with E-state index in [0.717, 1.165) is 16.7 Å². The summed E-state index contributed by atoms with van der Waals surface area (Å²) in [4.78, 5) is 17.8. The van der Waals surface area contributed by atoms with Gasteiger partial charge in [0.25, 0.3) is 0 Å². The summed E-state index contributed by atoms with van der Waals surface area (Å²) in [5.41, 5.74) is 4.95. The number of benzene rings is 3. The number of esters is 1. The predicted molar refractivity (Wildman–Crippen MR) is 145 cm³/mol. The van der Waals surface area contributed by atoms with Gasteiger partial charge < -0.3 is 19.5 Å². The highest BCUT2D eigenvalue weighted by molar-refractivity contribution is 6.02. The third-order valence-corrected chi connectivity index (χ3v) is 6.22. The van der Waals surface area contributed by atoms with E-state index in [9.17, 15) is 4.79 Å². The Kier molecular flexibility index (Phi) is 7.40. The molecule has 2 heterocycles. The molecule has 0 radical (unpaired) electrons. The van der Waals surface area contributed by atoms with Gasteiger partial charge in [0.05, 0.1) is 24.5 Å². The van der Waals surface area contributed by atoms with E-state index in [1.54, 1.807) is 11.6 Å². The van der Waals surface area contributed by atoms with Crippen LogP contribution in [-0.2, 0) is 16.1 Å². The van der Waals surface area contributed by atoms with Gasteiger partial charge in [0, 0.05) is 0 Å². The van der Waals surface area contributed by atoms with Crippen LogP contribution in [-0.4, -0.2) is 33.9 Å². The molecule has 0 spiro atoms. The van der Waals surface area contributed by atoms with E-state index in [1.807, 2.05) is 67.6 Å². The molecular weight excluding hydrogens is 480 g/mol. The summed E-state index contributed by atoms with van der Waals surface area (Å²) in [6.07, 6.45) is 1.47. The Morgan fingerprint density at radius 3 is 2.55 bits per heavy atom. The first-order chi connectivity index (χ1) is 18.6. The van der Waals surface area contributed by atoms with Crippen LogP contribution in [0.25, 0.3) is 5.70 Å². The number of aromatic nitrogens is 3. The number of nitrogens with one attached hydrogen (secondary N) is 1. The van der Waals surface area contributed by atoms with Crippen molar-refractivity contribution < 1.29 is 19.0 Å². The maximum Gasteiger partial charge on any atom is 0.338 e. The molecule has 1 atom stereocenters. The van der Waals surface area contributed by atoms with Crippen molar-refractivity contribution >= 4 is 17.6 Å². The summed E-state index contributed by atoms with van der Waals surface area (Å²) >= 11 is 0. The molecule has 0 saturated carbocycles. The molecule has 8 nitrogen and oxygen atoms in total. The Morgan fingerprint density at radius 2 is 1.79 bits per heavy atom. The molecule has 1 aliphatic heterocycles. The van der Waals surface area contributed by atoms with Gasteiger partial charge in [-0.2, -0.15) is 10.1 Å². The first-order valence-corrected chi connectivity index (χ1v) is 12.7. The molecule has 8 heteroatoms. The van der Waals surface area contributed by atoms with E-state index >= 15 is 0 Å². The molecule has 1 aromatic heterocycles. The van der Waals surface area contributed by atoms with Gasteiger partial charge in [0.2, 0.25) is 5.95 Å². The summed E-state index contributed by atoms with van der Waals surface area (Å²) in [6.45, 7) is 6.89. The molecule has 38 heavy (non-hydrogen) atoms. The lowest BCUT2D eigenvalue weighted by Gasteiger charge is -2.30. The van der Waals surface area contributed by atoms with E-state index in [-0.39, 0.29) is 6.61 Å². The second-order valence-corrected chi connectivity index (χ2v) is 8.85. The quantitative estimate of drug-likeness (QED) is 0.295. The first kappa shape index (κ1) is 25.1. The highest BCUT2D eigenvalue weighted by atomic mass is 16.5. The lowest BCUT2D eigenvalue weighted by Crippen LogP contribution is -2.30. The van der Waals surface area contributed by atoms with Gasteiger partial charge in [-0.3, -0.25) is 0 Å². The second kappa shape index (κ2) is 11.2. The van der Waals surface area contributed by atoms with Gasteiger partial charge in [-0.15, -0.1) is 0 Å². The average Bonchev–Trinajstić information content (AvgIpc) is 3.41. The number of carbonyl (C=O) groups excluding carboxylic acids is 1. The SMILES string of the molecule is CCOC(=O)C1=C(c2ccccc2)Nc2ncnn2[C@@H]1c1ccc(OCc2cccc(C)c2)c(OCC)c1. The number of carbonyl (C=O) groups is 1. The van der Waals surface area contributed by atoms with Crippen LogP contribution >= 0.6 is 0 Å². The molecule has 1 N–H and O–H groups in total. The minimum absolute atomic E-state index is 0.247.